The van der Waals surface area contributed by atoms with Gasteiger partial charge in [0, 0.05) is 16.2 Å². The number of aryl methyl sites for hydroxylation is 1. The summed E-state index contributed by atoms with van der Waals surface area (Å²) in [6.07, 6.45) is 3.14. The lowest BCUT2D eigenvalue weighted by atomic mass is 10.1. The monoisotopic (exact) mass is 405 g/mol. The van der Waals surface area contributed by atoms with Gasteiger partial charge < -0.3 is 19.5 Å². The van der Waals surface area contributed by atoms with Gasteiger partial charge >= 0.3 is 0 Å². The molecular formula is C19H20BrNO4. The van der Waals surface area contributed by atoms with E-state index >= 15 is 0 Å². The van der Waals surface area contributed by atoms with Crippen molar-refractivity contribution in [2.24, 2.45) is 0 Å². The molecule has 0 saturated heterocycles. The third kappa shape index (κ3) is 4.76. The second kappa shape index (κ2) is 8.58. The van der Waals surface area contributed by atoms with Crippen LogP contribution in [-0.2, 0) is 4.79 Å². The lowest BCUT2D eigenvalue weighted by Crippen LogP contribution is -2.07. The lowest BCUT2D eigenvalue weighted by Gasteiger charge is -2.12. The molecule has 0 atom stereocenters. The molecule has 0 aliphatic rings. The van der Waals surface area contributed by atoms with Crippen LogP contribution in [0.15, 0.2) is 40.9 Å². The van der Waals surface area contributed by atoms with E-state index in [1.807, 2.05) is 25.1 Å². The van der Waals surface area contributed by atoms with Crippen LogP contribution in [0.1, 0.15) is 11.1 Å². The number of benzene rings is 2. The van der Waals surface area contributed by atoms with Crippen LogP contribution in [0.4, 0.5) is 5.69 Å². The van der Waals surface area contributed by atoms with Gasteiger partial charge in [0.25, 0.3) is 0 Å². The number of carbonyl (C=O) groups excluding carboxylic acids is 1. The van der Waals surface area contributed by atoms with Crippen molar-refractivity contribution in [3.05, 3.63) is 52.0 Å². The fraction of sp³-hybridized carbons (Fsp3) is 0.211. The number of nitrogens with one attached hydrogen (secondary N) is 1. The summed E-state index contributed by atoms with van der Waals surface area (Å²) in [4.78, 5) is 12.1. The Labute approximate surface area is 155 Å². The molecule has 1 N–H and O–H groups in total. The van der Waals surface area contributed by atoms with Gasteiger partial charge in [0.05, 0.1) is 21.3 Å². The molecule has 0 bridgehead atoms. The minimum atomic E-state index is -0.232. The zero-order valence-electron chi connectivity index (χ0n) is 14.6. The average molecular weight is 406 g/mol. The van der Waals surface area contributed by atoms with Crippen LogP contribution in [-0.4, -0.2) is 27.2 Å². The lowest BCUT2D eigenvalue weighted by molar-refractivity contribution is -0.111. The molecule has 2 aromatic carbocycles. The van der Waals surface area contributed by atoms with Gasteiger partial charge in [-0.15, -0.1) is 0 Å². The molecule has 2 aromatic rings. The first-order chi connectivity index (χ1) is 12.0. The van der Waals surface area contributed by atoms with Crippen LogP contribution in [0.2, 0.25) is 0 Å². The van der Waals surface area contributed by atoms with Crippen LogP contribution in [0, 0.1) is 6.92 Å². The smallest absolute Gasteiger partial charge is 0.248 e. The molecule has 0 aromatic heterocycles. The topological polar surface area (TPSA) is 56.8 Å². The number of methoxy groups -OCH3 is 3. The maximum atomic E-state index is 12.1. The van der Waals surface area contributed by atoms with Crippen molar-refractivity contribution in [2.75, 3.05) is 26.6 Å². The summed E-state index contributed by atoms with van der Waals surface area (Å²) >= 11 is 3.45. The summed E-state index contributed by atoms with van der Waals surface area (Å²) in [6, 6.07) is 9.19. The van der Waals surface area contributed by atoms with Gasteiger partial charge in [-0.2, -0.15) is 0 Å². The van der Waals surface area contributed by atoms with Gasteiger partial charge in [0.1, 0.15) is 0 Å². The van der Waals surface area contributed by atoms with E-state index in [1.54, 1.807) is 39.5 Å². The highest BCUT2D eigenvalue weighted by Crippen LogP contribution is 2.38. The maximum absolute atomic E-state index is 12.1. The number of amides is 1. The molecule has 0 fully saturated rings. The third-order valence-corrected chi connectivity index (χ3v) is 4.41. The molecule has 0 radical (unpaired) electrons. The van der Waals surface area contributed by atoms with Crippen molar-refractivity contribution in [2.45, 2.75) is 6.92 Å². The fourth-order valence-corrected chi connectivity index (χ4v) is 2.60. The Bertz CT molecular complexity index is 777. The molecule has 0 aliphatic carbocycles. The molecule has 0 unspecified atom stereocenters. The van der Waals surface area contributed by atoms with E-state index in [-0.39, 0.29) is 5.91 Å². The van der Waals surface area contributed by atoms with Gasteiger partial charge in [-0.25, -0.2) is 0 Å². The third-order valence-electron chi connectivity index (χ3n) is 3.55. The Morgan fingerprint density at radius 3 is 2.20 bits per heavy atom. The van der Waals surface area contributed by atoms with Gasteiger partial charge in [-0.05, 0) is 48.4 Å². The Kier molecular flexibility index (Phi) is 6.47. The highest BCUT2D eigenvalue weighted by Gasteiger charge is 2.12. The highest BCUT2D eigenvalue weighted by atomic mass is 79.9. The van der Waals surface area contributed by atoms with Crippen molar-refractivity contribution in [3.8, 4) is 17.2 Å². The number of carbonyl (C=O) groups is 1. The Morgan fingerprint density at radius 1 is 1.04 bits per heavy atom. The van der Waals surface area contributed by atoms with E-state index < -0.39 is 0 Å². The second-order valence-corrected chi connectivity index (χ2v) is 6.10. The standard InChI is InChI=1S/C19H20BrNO4/c1-12-5-7-14(11-15(12)20)21-18(22)8-6-13-9-16(23-2)19(25-4)17(10-13)24-3/h5-11H,1-4H3,(H,21,22). The van der Waals surface area contributed by atoms with Crippen molar-refractivity contribution >= 4 is 33.6 Å². The van der Waals surface area contributed by atoms with E-state index in [1.165, 1.54) is 6.08 Å². The Morgan fingerprint density at radius 2 is 1.68 bits per heavy atom. The van der Waals surface area contributed by atoms with E-state index in [9.17, 15) is 4.79 Å². The predicted molar refractivity (Wildman–Crippen MR) is 103 cm³/mol. The number of anilines is 1. The van der Waals surface area contributed by atoms with E-state index in [2.05, 4.69) is 21.2 Å². The summed E-state index contributed by atoms with van der Waals surface area (Å²) in [7, 11) is 4.64. The number of rotatable bonds is 6. The zero-order valence-corrected chi connectivity index (χ0v) is 16.1. The summed E-state index contributed by atoms with van der Waals surface area (Å²) in [5.41, 5.74) is 2.58. The quantitative estimate of drug-likeness (QED) is 0.721. The summed E-state index contributed by atoms with van der Waals surface area (Å²) in [5, 5.41) is 2.82. The molecule has 0 saturated carbocycles. The Balaban J connectivity index is 2.17. The fourth-order valence-electron chi connectivity index (χ4n) is 2.22. The van der Waals surface area contributed by atoms with Crippen LogP contribution >= 0.6 is 15.9 Å². The molecule has 0 aliphatic heterocycles. The van der Waals surface area contributed by atoms with Crippen LogP contribution in [0.3, 0.4) is 0 Å². The van der Waals surface area contributed by atoms with Gasteiger partial charge in [-0.1, -0.05) is 22.0 Å². The molecular weight excluding hydrogens is 386 g/mol. The van der Waals surface area contributed by atoms with Crippen molar-refractivity contribution < 1.29 is 19.0 Å². The molecule has 5 nitrogen and oxygen atoms in total. The summed E-state index contributed by atoms with van der Waals surface area (Å²) in [6.45, 7) is 1.99. The van der Waals surface area contributed by atoms with Gasteiger partial charge in [0.15, 0.2) is 11.5 Å². The molecule has 6 heteroatoms. The molecule has 0 spiro atoms. The molecule has 25 heavy (non-hydrogen) atoms. The molecule has 0 heterocycles. The average Bonchev–Trinajstić information content (AvgIpc) is 2.62. The number of ether oxygens (including phenoxy) is 3. The largest absolute Gasteiger partial charge is 0.493 e. The SMILES string of the molecule is COc1cc(C=CC(=O)Nc2ccc(C)c(Br)c2)cc(OC)c1OC. The number of hydrogen-bond donors (Lipinski definition) is 1. The van der Waals surface area contributed by atoms with Crippen LogP contribution < -0.4 is 19.5 Å². The molecule has 1 amide bonds. The van der Waals surface area contributed by atoms with Crippen LogP contribution in [0.25, 0.3) is 6.08 Å². The maximum Gasteiger partial charge on any atom is 0.248 e. The minimum Gasteiger partial charge on any atom is -0.493 e. The van der Waals surface area contributed by atoms with E-state index in [4.69, 9.17) is 14.2 Å². The second-order valence-electron chi connectivity index (χ2n) is 5.25. The van der Waals surface area contributed by atoms with Crippen molar-refractivity contribution in [1.29, 1.82) is 0 Å². The van der Waals surface area contributed by atoms with E-state index in [0.29, 0.717) is 17.2 Å². The zero-order chi connectivity index (χ0) is 18.4. The summed E-state index contributed by atoms with van der Waals surface area (Å²) in [5.74, 6) is 1.34. The summed E-state index contributed by atoms with van der Waals surface area (Å²) < 4.78 is 16.8. The minimum absolute atomic E-state index is 0.232. The predicted octanol–water partition coefficient (Wildman–Crippen LogP) is 4.44. The molecule has 2 rings (SSSR count). The van der Waals surface area contributed by atoms with Gasteiger partial charge in [0.2, 0.25) is 11.7 Å². The van der Waals surface area contributed by atoms with Crippen LogP contribution in [0.5, 0.6) is 17.2 Å². The highest BCUT2D eigenvalue weighted by molar-refractivity contribution is 9.10. The first kappa shape index (κ1) is 18.9. The Hall–Kier alpha value is -2.47. The van der Waals surface area contributed by atoms with Crippen molar-refractivity contribution in [3.63, 3.8) is 0 Å². The number of hydrogen-bond acceptors (Lipinski definition) is 4. The van der Waals surface area contributed by atoms with Gasteiger partial charge in [-0.3, -0.25) is 4.79 Å². The molecule has 132 valence electrons. The van der Waals surface area contributed by atoms with Crippen molar-refractivity contribution in [1.82, 2.24) is 0 Å². The first-order valence-corrected chi connectivity index (χ1v) is 8.33. The first-order valence-electron chi connectivity index (χ1n) is 7.53. The van der Waals surface area contributed by atoms with E-state index in [0.717, 1.165) is 21.3 Å². The number of halogens is 1. The normalized spacial score (nSPS) is 10.6.